The van der Waals surface area contributed by atoms with Crippen molar-refractivity contribution in [2.24, 2.45) is 0 Å². The molecule has 1 aromatic carbocycles. The topological polar surface area (TPSA) is 67.7 Å². The van der Waals surface area contributed by atoms with Gasteiger partial charge in [0.15, 0.2) is 0 Å². The zero-order chi connectivity index (χ0) is 18.8. The molecular formula is C21H21N5O2. The maximum Gasteiger partial charge on any atom is 0.145 e. The quantitative estimate of drug-likeness (QED) is 0.579. The molecule has 1 aliphatic rings. The molecular weight excluding hydrogens is 354 g/mol. The van der Waals surface area contributed by atoms with Crippen molar-refractivity contribution in [3.05, 3.63) is 66.6 Å². The summed E-state index contributed by atoms with van der Waals surface area (Å²) in [6.45, 7) is 4.35. The van der Waals surface area contributed by atoms with Gasteiger partial charge in [-0.25, -0.2) is 4.52 Å². The van der Waals surface area contributed by atoms with Crippen molar-refractivity contribution in [1.82, 2.24) is 24.7 Å². The zero-order valence-corrected chi connectivity index (χ0v) is 15.4. The summed E-state index contributed by atoms with van der Waals surface area (Å²) in [5, 5.41) is 11.6. The van der Waals surface area contributed by atoms with E-state index in [0.29, 0.717) is 0 Å². The Bertz CT molecular complexity index is 1050. The van der Waals surface area contributed by atoms with Crippen LogP contribution in [0.4, 0.5) is 0 Å². The van der Waals surface area contributed by atoms with Gasteiger partial charge in [-0.3, -0.25) is 10.00 Å². The molecule has 0 atom stereocenters. The van der Waals surface area contributed by atoms with Crippen LogP contribution in [0.2, 0.25) is 0 Å². The minimum atomic E-state index is 0.753. The predicted octanol–water partition coefficient (Wildman–Crippen LogP) is 3.35. The number of benzene rings is 1. The smallest absolute Gasteiger partial charge is 0.145 e. The third-order valence-electron chi connectivity index (χ3n) is 4.87. The molecule has 0 amide bonds. The van der Waals surface area contributed by atoms with Crippen LogP contribution in [0.15, 0.2) is 60.9 Å². The van der Waals surface area contributed by atoms with E-state index in [1.54, 1.807) is 6.20 Å². The summed E-state index contributed by atoms with van der Waals surface area (Å²) >= 11 is 0. The normalized spacial score (nSPS) is 15.1. The molecule has 0 bridgehead atoms. The number of pyridine rings is 1. The minimum absolute atomic E-state index is 0.753. The van der Waals surface area contributed by atoms with Crippen molar-refractivity contribution in [2.45, 2.75) is 6.54 Å². The van der Waals surface area contributed by atoms with Gasteiger partial charge in [0.25, 0.3) is 0 Å². The molecule has 4 heterocycles. The molecule has 1 fully saturated rings. The largest absolute Gasteiger partial charge is 0.456 e. The van der Waals surface area contributed by atoms with Gasteiger partial charge in [-0.15, -0.1) is 0 Å². The Balaban J connectivity index is 1.30. The van der Waals surface area contributed by atoms with E-state index in [0.717, 1.165) is 66.8 Å². The van der Waals surface area contributed by atoms with Crippen molar-refractivity contribution in [3.8, 4) is 22.8 Å². The summed E-state index contributed by atoms with van der Waals surface area (Å²) in [5.41, 5.74) is 4.17. The fraction of sp³-hybridized carbons (Fsp3) is 0.238. The van der Waals surface area contributed by atoms with Crippen LogP contribution in [-0.4, -0.2) is 51.0 Å². The van der Waals surface area contributed by atoms with Crippen LogP contribution in [0, 0.1) is 0 Å². The molecule has 142 valence electrons. The Kier molecular flexibility index (Phi) is 4.52. The van der Waals surface area contributed by atoms with Crippen molar-refractivity contribution in [2.75, 3.05) is 26.3 Å². The molecule has 7 nitrogen and oxygen atoms in total. The Hall–Kier alpha value is -3.16. The number of nitrogens with one attached hydrogen (secondary N) is 1. The second-order valence-corrected chi connectivity index (χ2v) is 6.86. The van der Waals surface area contributed by atoms with Crippen LogP contribution < -0.4 is 4.74 Å². The number of rotatable bonds is 5. The van der Waals surface area contributed by atoms with Crippen LogP contribution in [-0.2, 0) is 11.3 Å². The molecule has 1 saturated heterocycles. The van der Waals surface area contributed by atoms with Crippen LogP contribution in [0.25, 0.3) is 16.8 Å². The lowest BCUT2D eigenvalue weighted by Crippen LogP contribution is -2.35. The molecule has 0 unspecified atom stereocenters. The van der Waals surface area contributed by atoms with Gasteiger partial charge in [0, 0.05) is 25.8 Å². The van der Waals surface area contributed by atoms with Crippen LogP contribution in [0.5, 0.6) is 11.5 Å². The number of aromatic nitrogens is 4. The first kappa shape index (κ1) is 17.0. The van der Waals surface area contributed by atoms with Crippen molar-refractivity contribution in [1.29, 1.82) is 0 Å². The molecule has 4 aromatic rings. The maximum atomic E-state index is 6.00. The molecule has 0 radical (unpaired) electrons. The van der Waals surface area contributed by atoms with Gasteiger partial charge in [0.1, 0.15) is 11.5 Å². The number of morpholine rings is 1. The predicted molar refractivity (Wildman–Crippen MR) is 105 cm³/mol. The molecule has 1 aliphatic heterocycles. The van der Waals surface area contributed by atoms with Gasteiger partial charge < -0.3 is 9.47 Å². The fourth-order valence-electron chi connectivity index (χ4n) is 3.40. The Labute approximate surface area is 162 Å². The van der Waals surface area contributed by atoms with Gasteiger partial charge in [-0.2, -0.15) is 10.2 Å². The molecule has 0 saturated carbocycles. The van der Waals surface area contributed by atoms with E-state index >= 15 is 0 Å². The van der Waals surface area contributed by atoms with Gasteiger partial charge >= 0.3 is 0 Å². The van der Waals surface area contributed by atoms with E-state index in [2.05, 4.69) is 21.2 Å². The first-order chi connectivity index (χ1) is 13.8. The molecule has 5 rings (SSSR count). The Morgan fingerprint density at radius 2 is 1.82 bits per heavy atom. The number of H-pyrrole nitrogens is 1. The summed E-state index contributed by atoms with van der Waals surface area (Å²) in [6, 6.07) is 16.0. The van der Waals surface area contributed by atoms with Crippen molar-refractivity contribution >= 4 is 5.52 Å². The molecule has 0 aliphatic carbocycles. The minimum Gasteiger partial charge on any atom is -0.456 e. The highest BCUT2D eigenvalue weighted by Gasteiger charge is 2.13. The summed E-state index contributed by atoms with van der Waals surface area (Å²) in [5.74, 6) is 1.53. The number of aromatic amines is 1. The first-order valence-corrected chi connectivity index (χ1v) is 9.40. The van der Waals surface area contributed by atoms with E-state index < -0.39 is 0 Å². The second kappa shape index (κ2) is 7.46. The van der Waals surface area contributed by atoms with Crippen LogP contribution in [0.3, 0.4) is 0 Å². The first-order valence-electron chi connectivity index (χ1n) is 9.40. The van der Waals surface area contributed by atoms with Gasteiger partial charge in [0.05, 0.1) is 36.3 Å². The van der Waals surface area contributed by atoms with E-state index in [4.69, 9.17) is 14.6 Å². The summed E-state index contributed by atoms with van der Waals surface area (Å²) in [7, 11) is 0. The number of ether oxygens (including phenoxy) is 2. The Morgan fingerprint density at radius 3 is 2.61 bits per heavy atom. The second-order valence-electron chi connectivity index (χ2n) is 6.86. The average molecular weight is 375 g/mol. The van der Waals surface area contributed by atoms with E-state index in [1.165, 1.54) is 0 Å². The third kappa shape index (κ3) is 3.62. The molecule has 0 spiro atoms. The van der Waals surface area contributed by atoms with Crippen molar-refractivity contribution < 1.29 is 9.47 Å². The lowest BCUT2D eigenvalue weighted by atomic mass is 10.1. The van der Waals surface area contributed by atoms with Gasteiger partial charge in [-0.1, -0.05) is 0 Å². The molecule has 7 heteroatoms. The standard InChI is InChI=1S/C21H21N5O2/c1-4-19(5-2-16(1)21-7-8-22-23-21)28-20-6-3-18-13-17(24-26(18)15-20)14-25-9-11-27-12-10-25/h1-8,13,15H,9-12,14H2,(H,22,23). The molecule has 28 heavy (non-hydrogen) atoms. The lowest BCUT2D eigenvalue weighted by molar-refractivity contribution is 0.0336. The average Bonchev–Trinajstić information content (AvgIpc) is 3.39. The number of hydrogen-bond donors (Lipinski definition) is 1. The SMILES string of the molecule is c1cc(-c2ccc(Oc3ccc4cc(CN5CCOCC5)nn4c3)cc2)[nH]n1. The molecule has 3 aromatic heterocycles. The Morgan fingerprint density at radius 1 is 1.00 bits per heavy atom. The highest BCUT2D eigenvalue weighted by Crippen LogP contribution is 2.25. The number of hydrogen-bond acceptors (Lipinski definition) is 5. The highest BCUT2D eigenvalue weighted by atomic mass is 16.5. The van der Waals surface area contributed by atoms with Gasteiger partial charge in [0.2, 0.25) is 0 Å². The maximum absolute atomic E-state index is 6.00. The summed E-state index contributed by atoms with van der Waals surface area (Å²) < 4.78 is 13.3. The monoisotopic (exact) mass is 375 g/mol. The lowest BCUT2D eigenvalue weighted by Gasteiger charge is -2.25. The van der Waals surface area contributed by atoms with Crippen LogP contribution >= 0.6 is 0 Å². The van der Waals surface area contributed by atoms with Gasteiger partial charge in [-0.05, 0) is 54.1 Å². The van der Waals surface area contributed by atoms with E-state index in [9.17, 15) is 0 Å². The fourth-order valence-corrected chi connectivity index (χ4v) is 3.40. The zero-order valence-electron chi connectivity index (χ0n) is 15.4. The number of nitrogens with zero attached hydrogens (tertiary/aromatic N) is 4. The number of fused-ring (bicyclic) bond motifs is 1. The summed E-state index contributed by atoms with van der Waals surface area (Å²) in [4.78, 5) is 2.37. The third-order valence-corrected chi connectivity index (χ3v) is 4.87. The van der Waals surface area contributed by atoms with E-state index in [-0.39, 0.29) is 0 Å². The van der Waals surface area contributed by atoms with Crippen LogP contribution in [0.1, 0.15) is 5.69 Å². The van der Waals surface area contributed by atoms with Crippen molar-refractivity contribution in [3.63, 3.8) is 0 Å². The molecule has 1 N–H and O–H groups in total. The van der Waals surface area contributed by atoms with E-state index in [1.807, 2.05) is 53.2 Å². The highest BCUT2D eigenvalue weighted by molar-refractivity contribution is 5.59. The summed E-state index contributed by atoms with van der Waals surface area (Å²) in [6.07, 6.45) is 3.66.